The van der Waals surface area contributed by atoms with Crippen LogP contribution in [0.3, 0.4) is 0 Å². The van der Waals surface area contributed by atoms with E-state index in [2.05, 4.69) is 5.10 Å². The molecule has 1 aliphatic rings. The molecule has 19 heavy (non-hydrogen) atoms. The fourth-order valence-electron chi connectivity index (χ4n) is 2.48. The average Bonchev–Trinajstić information content (AvgIpc) is 2.70. The van der Waals surface area contributed by atoms with E-state index in [-0.39, 0.29) is 37.4 Å². The summed E-state index contributed by atoms with van der Waals surface area (Å²) in [6, 6.07) is 0. The molecule has 0 amide bonds. The minimum Gasteiger partial charge on any atom is -0.292 e. The molecule has 0 radical (unpaired) electrons. The second-order valence-corrected chi connectivity index (χ2v) is 5.47. The maximum Gasteiger partial charge on any atom is 0.248 e. The van der Waals surface area contributed by atoms with Crippen molar-refractivity contribution in [1.82, 2.24) is 9.78 Å². The third kappa shape index (κ3) is 3.14. The lowest BCUT2D eigenvalue weighted by molar-refractivity contribution is -0.0425. The van der Waals surface area contributed by atoms with Crippen LogP contribution in [0.4, 0.5) is 8.78 Å². The van der Waals surface area contributed by atoms with Gasteiger partial charge in [0.1, 0.15) is 5.69 Å². The van der Waals surface area contributed by atoms with Crippen LogP contribution in [0, 0.1) is 5.92 Å². The number of rotatable bonds is 4. The van der Waals surface area contributed by atoms with Gasteiger partial charge in [-0.1, -0.05) is 18.5 Å². The number of aromatic nitrogens is 2. The fourth-order valence-corrected chi connectivity index (χ4v) is 2.72. The lowest BCUT2D eigenvalue weighted by atomic mass is 9.83. The number of alkyl halides is 2. The first-order valence-electron chi connectivity index (χ1n) is 6.58. The highest BCUT2D eigenvalue weighted by atomic mass is 35.5. The molecule has 0 unspecified atom stereocenters. The number of hydrogen-bond donors (Lipinski definition) is 0. The van der Waals surface area contributed by atoms with E-state index in [1.165, 1.54) is 6.20 Å². The average molecular weight is 291 g/mol. The Morgan fingerprint density at radius 3 is 2.74 bits per heavy atom. The van der Waals surface area contributed by atoms with E-state index in [0.29, 0.717) is 17.3 Å². The number of ketones is 1. The van der Waals surface area contributed by atoms with Gasteiger partial charge in [0, 0.05) is 25.3 Å². The van der Waals surface area contributed by atoms with Gasteiger partial charge in [0.15, 0.2) is 5.78 Å². The summed E-state index contributed by atoms with van der Waals surface area (Å²) in [4.78, 5) is 12.4. The fraction of sp³-hybridized carbons (Fsp3) is 0.692. The minimum absolute atomic E-state index is 0.147. The zero-order chi connectivity index (χ0) is 14.0. The smallest absolute Gasteiger partial charge is 0.248 e. The molecule has 3 nitrogen and oxygen atoms in total. The Morgan fingerprint density at radius 1 is 1.53 bits per heavy atom. The van der Waals surface area contributed by atoms with Gasteiger partial charge in [0.05, 0.1) is 11.2 Å². The minimum atomic E-state index is -2.62. The number of nitrogens with zero attached hydrogens (tertiary/aromatic N) is 2. The Bertz CT molecular complexity index is 463. The standard InChI is InChI=1S/C13H17ClF2N2O/c1-2-7-18-11(10(14)8-17-18)12(19)9-3-5-13(15,16)6-4-9/h8-9H,2-7H2,1H3. The number of Topliss-reactive ketones (excluding diaryl/α,β-unsaturated/α-hetero) is 1. The first-order chi connectivity index (χ1) is 8.94. The predicted molar refractivity (Wildman–Crippen MR) is 68.8 cm³/mol. The van der Waals surface area contributed by atoms with Crippen molar-refractivity contribution in [3.05, 3.63) is 16.9 Å². The van der Waals surface area contributed by atoms with Gasteiger partial charge in [-0.15, -0.1) is 0 Å². The molecule has 0 saturated heterocycles. The molecule has 0 atom stereocenters. The molecule has 0 spiro atoms. The van der Waals surface area contributed by atoms with Crippen LogP contribution in [0.25, 0.3) is 0 Å². The molecule has 6 heteroatoms. The summed E-state index contributed by atoms with van der Waals surface area (Å²) < 4.78 is 27.8. The van der Waals surface area contributed by atoms with E-state index in [4.69, 9.17) is 11.6 Å². The van der Waals surface area contributed by atoms with E-state index in [1.807, 2.05) is 6.92 Å². The van der Waals surface area contributed by atoms with Crippen molar-refractivity contribution in [2.45, 2.75) is 51.5 Å². The van der Waals surface area contributed by atoms with E-state index in [1.54, 1.807) is 4.68 Å². The van der Waals surface area contributed by atoms with Crippen LogP contribution in [0.2, 0.25) is 5.02 Å². The summed E-state index contributed by atoms with van der Waals surface area (Å²) in [5.74, 6) is -3.12. The highest BCUT2D eigenvalue weighted by Crippen LogP contribution is 2.38. The molecule has 0 N–H and O–H groups in total. The maximum atomic E-state index is 13.1. The molecule has 2 rings (SSSR count). The van der Waals surface area contributed by atoms with Crippen molar-refractivity contribution < 1.29 is 13.6 Å². The summed E-state index contributed by atoms with van der Waals surface area (Å²) in [7, 11) is 0. The topological polar surface area (TPSA) is 34.9 Å². The molecule has 1 aromatic rings. The highest BCUT2D eigenvalue weighted by Gasteiger charge is 2.38. The lowest BCUT2D eigenvalue weighted by Crippen LogP contribution is -2.30. The molecule has 106 valence electrons. The van der Waals surface area contributed by atoms with Gasteiger partial charge in [-0.3, -0.25) is 9.48 Å². The van der Waals surface area contributed by atoms with Gasteiger partial charge in [-0.2, -0.15) is 5.10 Å². The molecule has 1 fully saturated rings. The van der Waals surface area contributed by atoms with Crippen molar-refractivity contribution in [2.24, 2.45) is 5.92 Å². The van der Waals surface area contributed by atoms with Crippen LogP contribution in [0.5, 0.6) is 0 Å². The van der Waals surface area contributed by atoms with E-state index in [0.717, 1.165) is 6.42 Å². The Balaban J connectivity index is 2.14. The van der Waals surface area contributed by atoms with E-state index >= 15 is 0 Å². The monoisotopic (exact) mass is 290 g/mol. The SMILES string of the molecule is CCCn1ncc(Cl)c1C(=O)C1CCC(F)(F)CC1. The van der Waals surface area contributed by atoms with Gasteiger partial charge in [-0.05, 0) is 19.3 Å². The van der Waals surface area contributed by atoms with E-state index in [9.17, 15) is 13.6 Å². The zero-order valence-corrected chi connectivity index (χ0v) is 11.6. The molecule has 1 aliphatic carbocycles. The van der Waals surface area contributed by atoms with Gasteiger partial charge in [-0.25, -0.2) is 8.78 Å². The number of carbonyl (C=O) groups excluding carboxylic acids is 1. The molecular weight excluding hydrogens is 274 g/mol. The van der Waals surface area contributed by atoms with Crippen molar-refractivity contribution in [3.8, 4) is 0 Å². The second-order valence-electron chi connectivity index (χ2n) is 5.06. The molecule has 1 saturated carbocycles. The molecule has 1 aromatic heterocycles. The number of aryl methyl sites for hydroxylation is 1. The predicted octanol–water partition coefficient (Wildman–Crippen LogP) is 3.95. The summed E-state index contributed by atoms with van der Waals surface area (Å²) in [6.07, 6.45) is 2.29. The number of hydrogen-bond acceptors (Lipinski definition) is 2. The van der Waals surface area contributed by atoms with Gasteiger partial charge < -0.3 is 0 Å². The summed E-state index contributed by atoms with van der Waals surface area (Å²) in [6.45, 7) is 2.58. The quantitative estimate of drug-likeness (QED) is 0.787. The van der Waals surface area contributed by atoms with Gasteiger partial charge in [0.25, 0.3) is 0 Å². The number of carbonyl (C=O) groups is 1. The van der Waals surface area contributed by atoms with Crippen LogP contribution in [0.15, 0.2) is 6.20 Å². The third-order valence-electron chi connectivity index (χ3n) is 3.55. The Morgan fingerprint density at radius 2 is 2.16 bits per heavy atom. The maximum absolute atomic E-state index is 13.1. The van der Waals surface area contributed by atoms with Crippen molar-refractivity contribution >= 4 is 17.4 Å². The molecule has 1 heterocycles. The van der Waals surface area contributed by atoms with Crippen molar-refractivity contribution in [2.75, 3.05) is 0 Å². The van der Waals surface area contributed by atoms with Crippen LogP contribution in [-0.4, -0.2) is 21.5 Å². The van der Waals surface area contributed by atoms with Crippen LogP contribution in [-0.2, 0) is 6.54 Å². The summed E-state index contributed by atoms with van der Waals surface area (Å²) in [5, 5.41) is 4.38. The van der Waals surface area contributed by atoms with Crippen LogP contribution < -0.4 is 0 Å². The lowest BCUT2D eigenvalue weighted by Gasteiger charge is -2.27. The Kier molecular flexibility index (Phi) is 4.23. The van der Waals surface area contributed by atoms with Crippen molar-refractivity contribution in [1.29, 1.82) is 0 Å². The van der Waals surface area contributed by atoms with Gasteiger partial charge >= 0.3 is 0 Å². The first kappa shape index (κ1) is 14.4. The second kappa shape index (κ2) is 5.57. The first-order valence-corrected chi connectivity index (χ1v) is 6.96. The highest BCUT2D eigenvalue weighted by molar-refractivity contribution is 6.33. The normalized spacial score (nSPS) is 19.6. The molecule has 0 aliphatic heterocycles. The zero-order valence-electron chi connectivity index (χ0n) is 10.8. The molecular formula is C13H17ClF2N2O. The Hall–Kier alpha value is -0.970. The van der Waals surface area contributed by atoms with Gasteiger partial charge in [0.2, 0.25) is 5.92 Å². The van der Waals surface area contributed by atoms with E-state index < -0.39 is 5.92 Å². The molecule has 0 bridgehead atoms. The summed E-state index contributed by atoms with van der Waals surface area (Å²) >= 11 is 6.00. The molecule has 0 aromatic carbocycles. The van der Waals surface area contributed by atoms with Crippen LogP contribution in [0.1, 0.15) is 49.5 Å². The van der Waals surface area contributed by atoms with Crippen LogP contribution >= 0.6 is 11.6 Å². The summed E-state index contributed by atoms with van der Waals surface area (Å²) in [5.41, 5.74) is 0.374. The third-order valence-corrected chi connectivity index (χ3v) is 3.83. The Labute approximate surface area is 115 Å². The van der Waals surface area contributed by atoms with Crippen molar-refractivity contribution in [3.63, 3.8) is 0 Å². The number of halogens is 3. The largest absolute Gasteiger partial charge is 0.292 e.